The summed E-state index contributed by atoms with van der Waals surface area (Å²) in [5.74, 6) is -0.0207. The van der Waals surface area contributed by atoms with Gasteiger partial charge in [-0.1, -0.05) is 6.92 Å². The lowest BCUT2D eigenvalue weighted by atomic mass is 10.2. The van der Waals surface area contributed by atoms with Crippen LogP contribution in [-0.2, 0) is 9.59 Å². The summed E-state index contributed by atoms with van der Waals surface area (Å²) in [5.41, 5.74) is 0. The lowest BCUT2D eigenvalue weighted by molar-refractivity contribution is -0.139. The van der Waals surface area contributed by atoms with Gasteiger partial charge in [-0.15, -0.1) is 12.4 Å². The second kappa shape index (κ2) is 14.2. The molecule has 0 aliphatic carbocycles. The third-order valence-electron chi connectivity index (χ3n) is 1.98. The Hall–Kier alpha value is 0.0900. The number of nitrogens with one attached hydrogen (secondary N) is 1. The van der Waals surface area contributed by atoms with Crippen LogP contribution in [0.25, 0.3) is 0 Å². The van der Waals surface area contributed by atoms with Gasteiger partial charge in [0.2, 0.25) is 0 Å². The molecule has 0 heterocycles. The Balaban J connectivity index is -0.000000980. The molecule has 0 bridgehead atoms. The third kappa shape index (κ3) is 12.3. The highest BCUT2D eigenvalue weighted by molar-refractivity contribution is 7.98. The molecule has 0 aromatic heterocycles. The fourth-order valence-electron chi connectivity index (χ4n) is 1.15. The number of carboxylic acids is 1. The van der Waals surface area contributed by atoms with Gasteiger partial charge in [-0.05, 0) is 24.9 Å². The number of rotatable bonds is 9. The van der Waals surface area contributed by atoms with Gasteiger partial charge >= 0.3 is 5.97 Å². The van der Waals surface area contributed by atoms with Crippen molar-refractivity contribution in [2.75, 3.05) is 18.6 Å². The Morgan fingerprint density at radius 2 is 2.00 bits per heavy atom. The standard InChI is InChI=1S/C10H19NO3S.ClH.H2S/c1-3-4-8(12)7-11-9(10(13)14)5-6-15-2;;/h9,11H,3-7H2,1-2H3,(H,13,14);1H;1H2/t9-;;/m0../s1. The van der Waals surface area contributed by atoms with E-state index in [4.69, 9.17) is 5.11 Å². The van der Waals surface area contributed by atoms with Gasteiger partial charge in [0.1, 0.15) is 11.8 Å². The Morgan fingerprint density at radius 3 is 2.41 bits per heavy atom. The molecule has 2 N–H and O–H groups in total. The van der Waals surface area contributed by atoms with Crippen LogP contribution in [0.4, 0.5) is 0 Å². The van der Waals surface area contributed by atoms with E-state index in [1.165, 1.54) is 0 Å². The number of carboxylic acid groups (broad SMARTS) is 1. The summed E-state index contributed by atoms with van der Waals surface area (Å²) < 4.78 is 0. The maximum Gasteiger partial charge on any atom is 0.320 e. The van der Waals surface area contributed by atoms with E-state index in [0.29, 0.717) is 12.8 Å². The number of hydrogen-bond acceptors (Lipinski definition) is 4. The second-order valence-electron chi connectivity index (χ2n) is 3.34. The molecular weight excluding hydrogens is 282 g/mol. The number of ketones is 1. The van der Waals surface area contributed by atoms with Crippen LogP contribution in [0.5, 0.6) is 0 Å². The highest BCUT2D eigenvalue weighted by Gasteiger charge is 2.16. The molecule has 104 valence electrons. The fourth-order valence-corrected chi connectivity index (χ4v) is 1.62. The molecule has 0 saturated heterocycles. The van der Waals surface area contributed by atoms with Crippen LogP contribution in [0, 0.1) is 0 Å². The topological polar surface area (TPSA) is 66.4 Å². The quantitative estimate of drug-likeness (QED) is 0.678. The first-order valence-electron chi connectivity index (χ1n) is 5.08. The third-order valence-corrected chi connectivity index (χ3v) is 2.63. The molecule has 0 radical (unpaired) electrons. The zero-order valence-electron chi connectivity index (χ0n) is 10.2. The molecule has 7 heteroatoms. The van der Waals surface area contributed by atoms with Crippen molar-refractivity contribution < 1.29 is 14.7 Å². The summed E-state index contributed by atoms with van der Waals surface area (Å²) >= 11 is 1.60. The molecule has 0 unspecified atom stereocenters. The lowest BCUT2D eigenvalue weighted by Crippen LogP contribution is -2.40. The van der Waals surface area contributed by atoms with Crippen molar-refractivity contribution in [3.8, 4) is 0 Å². The van der Waals surface area contributed by atoms with E-state index in [-0.39, 0.29) is 38.2 Å². The molecule has 17 heavy (non-hydrogen) atoms. The summed E-state index contributed by atoms with van der Waals surface area (Å²) in [6.07, 6.45) is 3.81. The average molecular weight is 304 g/mol. The summed E-state index contributed by atoms with van der Waals surface area (Å²) in [6, 6.07) is -0.599. The van der Waals surface area contributed by atoms with Crippen molar-refractivity contribution >= 4 is 49.4 Å². The van der Waals surface area contributed by atoms with Crippen LogP contribution in [-0.4, -0.2) is 41.5 Å². The molecule has 0 saturated carbocycles. The fraction of sp³-hybridized carbons (Fsp3) is 0.800. The Labute approximate surface area is 120 Å². The highest BCUT2D eigenvalue weighted by atomic mass is 35.5. The molecule has 0 rings (SSSR count). The number of aliphatic carboxylic acids is 1. The highest BCUT2D eigenvalue weighted by Crippen LogP contribution is 2.01. The number of halogens is 1. The van der Waals surface area contributed by atoms with E-state index < -0.39 is 12.0 Å². The minimum Gasteiger partial charge on any atom is -0.480 e. The number of thioether (sulfide) groups is 1. The molecule has 0 aromatic carbocycles. The maximum atomic E-state index is 11.2. The first kappa shape index (κ1) is 22.3. The predicted molar refractivity (Wildman–Crippen MR) is 80.0 cm³/mol. The van der Waals surface area contributed by atoms with Crippen molar-refractivity contribution in [1.29, 1.82) is 0 Å². The number of Topliss-reactive ketones (excluding diaryl/α,β-unsaturated/α-hetero) is 1. The van der Waals surface area contributed by atoms with Gasteiger partial charge in [0, 0.05) is 6.42 Å². The van der Waals surface area contributed by atoms with E-state index in [1.807, 2.05) is 13.2 Å². The smallest absolute Gasteiger partial charge is 0.320 e. The van der Waals surface area contributed by atoms with Crippen LogP contribution in [0.2, 0.25) is 0 Å². The largest absolute Gasteiger partial charge is 0.480 e. The van der Waals surface area contributed by atoms with Crippen LogP contribution in [0.15, 0.2) is 0 Å². The number of hydrogen-bond donors (Lipinski definition) is 2. The average Bonchev–Trinajstić information content (AvgIpc) is 2.17. The molecular formula is C10H22ClNO3S2. The second-order valence-corrected chi connectivity index (χ2v) is 4.33. The Morgan fingerprint density at radius 1 is 1.41 bits per heavy atom. The first-order valence-corrected chi connectivity index (χ1v) is 6.48. The van der Waals surface area contributed by atoms with Crippen molar-refractivity contribution in [3.63, 3.8) is 0 Å². The SMILES string of the molecule is CCCC(=O)CN[C@@H](CCSC)C(=O)O.Cl.S. The summed E-state index contributed by atoms with van der Waals surface area (Å²) in [6.45, 7) is 2.10. The van der Waals surface area contributed by atoms with E-state index >= 15 is 0 Å². The van der Waals surface area contributed by atoms with Crippen molar-refractivity contribution in [2.24, 2.45) is 0 Å². The van der Waals surface area contributed by atoms with Crippen LogP contribution in [0.3, 0.4) is 0 Å². The predicted octanol–water partition coefficient (Wildman–Crippen LogP) is 1.69. The van der Waals surface area contributed by atoms with Crippen molar-refractivity contribution in [1.82, 2.24) is 5.32 Å². The summed E-state index contributed by atoms with van der Waals surface area (Å²) in [7, 11) is 0. The lowest BCUT2D eigenvalue weighted by Gasteiger charge is -2.12. The normalized spacial score (nSPS) is 10.9. The Bertz CT molecular complexity index is 216. The van der Waals surface area contributed by atoms with Crippen LogP contribution >= 0.6 is 37.7 Å². The molecule has 0 aliphatic heterocycles. The first-order chi connectivity index (χ1) is 7.11. The monoisotopic (exact) mass is 303 g/mol. The van der Waals surface area contributed by atoms with E-state index in [9.17, 15) is 9.59 Å². The summed E-state index contributed by atoms with van der Waals surface area (Å²) in [4.78, 5) is 22.0. The van der Waals surface area contributed by atoms with Gasteiger partial charge in [0.25, 0.3) is 0 Å². The van der Waals surface area contributed by atoms with E-state index in [2.05, 4.69) is 5.32 Å². The zero-order chi connectivity index (χ0) is 11.7. The van der Waals surface area contributed by atoms with Gasteiger partial charge in [0.15, 0.2) is 0 Å². The molecule has 1 atom stereocenters. The number of carbonyl (C=O) groups is 2. The van der Waals surface area contributed by atoms with Crippen LogP contribution in [0.1, 0.15) is 26.2 Å². The van der Waals surface area contributed by atoms with Gasteiger partial charge in [-0.25, -0.2) is 0 Å². The molecule has 0 amide bonds. The van der Waals surface area contributed by atoms with Gasteiger partial charge in [0.05, 0.1) is 6.54 Å². The minimum absolute atomic E-state index is 0. The van der Waals surface area contributed by atoms with Crippen molar-refractivity contribution in [2.45, 2.75) is 32.2 Å². The molecule has 0 spiro atoms. The van der Waals surface area contributed by atoms with Gasteiger partial charge in [-0.3, -0.25) is 14.9 Å². The zero-order valence-corrected chi connectivity index (χ0v) is 12.8. The van der Waals surface area contributed by atoms with E-state index in [0.717, 1.165) is 12.2 Å². The molecule has 0 aromatic rings. The maximum absolute atomic E-state index is 11.2. The van der Waals surface area contributed by atoms with E-state index in [1.54, 1.807) is 11.8 Å². The molecule has 0 aliphatic rings. The minimum atomic E-state index is -0.881. The summed E-state index contributed by atoms with van der Waals surface area (Å²) in [5, 5.41) is 11.6. The molecule has 4 nitrogen and oxygen atoms in total. The van der Waals surface area contributed by atoms with Gasteiger partial charge in [-0.2, -0.15) is 25.3 Å². The molecule has 0 fully saturated rings. The Kier molecular flexibility index (Phi) is 18.6. The van der Waals surface area contributed by atoms with Crippen LogP contribution < -0.4 is 5.32 Å². The van der Waals surface area contributed by atoms with Crippen molar-refractivity contribution in [3.05, 3.63) is 0 Å². The van der Waals surface area contributed by atoms with Gasteiger partial charge < -0.3 is 5.11 Å². The number of carbonyl (C=O) groups excluding carboxylic acids is 1.